The van der Waals surface area contributed by atoms with E-state index in [1.807, 2.05) is 19.1 Å². The minimum absolute atomic E-state index is 0.0336. The predicted octanol–water partition coefficient (Wildman–Crippen LogP) is 5.19. The summed E-state index contributed by atoms with van der Waals surface area (Å²) in [6.45, 7) is 1.36. The van der Waals surface area contributed by atoms with Gasteiger partial charge in [0.1, 0.15) is 6.54 Å². The molecule has 0 unspecified atom stereocenters. The first-order chi connectivity index (χ1) is 15.7. The van der Waals surface area contributed by atoms with Gasteiger partial charge in [0.05, 0.1) is 22.4 Å². The van der Waals surface area contributed by atoms with Crippen molar-refractivity contribution in [2.75, 3.05) is 6.54 Å². The summed E-state index contributed by atoms with van der Waals surface area (Å²) in [5.74, 6) is -3.47. The van der Waals surface area contributed by atoms with Crippen LogP contribution in [0.1, 0.15) is 34.1 Å². The Balaban J connectivity index is 1.73. The maximum atomic E-state index is 13.5. The van der Waals surface area contributed by atoms with Crippen LogP contribution in [0.5, 0.6) is 0 Å². The van der Waals surface area contributed by atoms with Crippen molar-refractivity contribution in [3.05, 3.63) is 80.3 Å². The Morgan fingerprint density at radius 3 is 2.42 bits per heavy atom. The molecule has 1 saturated heterocycles. The first-order valence-electron chi connectivity index (χ1n) is 10.3. The number of carbonyl (C=O) groups is 4. The zero-order chi connectivity index (χ0) is 23.9. The van der Waals surface area contributed by atoms with Crippen LogP contribution in [0, 0.1) is 17.8 Å². The molecule has 0 spiro atoms. The Hall–Kier alpha value is -2.48. The van der Waals surface area contributed by atoms with Crippen molar-refractivity contribution >= 4 is 62.6 Å². The number of fused-ring (bicyclic) bond motifs is 1. The van der Waals surface area contributed by atoms with Crippen LogP contribution >= 0.6 is 39.1 Å². The van der Waals surface area contributed by atoms with E-state index in [2.05, 4.69) is 15.9 Å². The second-order valence-corrected chi connectivity index (χ2v) is 9.82. The molecule has 2 aromatic carbocycles. The quantitative estimate of drug-likeness (QED) is 0.292. The molecular formula is C24H19BrCl2N2O4. The fourth-order valence-electron chi connectivity index (χ4n) is 4.27. The molecule has 0 N–H and O–H groups in total. The molecule has 1 aliphatic heterocycles. The first kappa shape index (κ1) is 23.7. The number of ketones is 1. The van der Waals surface area contributed by atoms with Gasteiger partial charge in [0.2, 0.25) is 0 Å². The van der Waals surface area contributed by atoms with E-state index >= 15 is 0 Å². The highest BCUT2D eigenvalue weighted by molar-refractivity contribution is 9.10. The van der Waals surface area contributed by atoms with Gasteiger partial charge in [-0.2, -0.15) is 5.01 Å². The summed E-state index contributed by atoms with van der Waals surface area (Å²) in [5, 5.41) is 2.13. The molecular weight excluding hydrogens is 531 g/mol. The molecule has 1 heterocycles. The fraction of sp³-hybridized carbons (Fsp3) is 0.250. The van der Waals surface area contributed by atoms with Crippen molar-refractivity contribution in [2.24, 2.45) is 17.8 Å². The van der Waals surface area contributed by atoms with Gasteiger partial charge in [-0.05, 0) is 42.7 Å². The SMILES string of the molecule is C[C@@H]1C=CC[C@H]2C(=O)N(N(CC(=O)c3ccc(Br)cc3)C(=O)c3ccc(Cl)cc3Cl)C(=O)[C@@H]12. The van der Waals surface area contributed by atoms with E-state index in [0.29, 0.717) is 17.0 Å². The van der Waals surface area contributed by atoms with E-state index in [1.165, 1.54) is 18.2 Å². The summed E-state index contributed by atoms with van der Waals surface area (Å²) in [7, 11) is 0. The van der Waals surface area contributed by atoms with Gasteiger partial charge in [-0.3, -0.25) is 19.2 Å². The summed E-state index contributed by atoms with van der Waals surface area (Å²) < 4.78 is 0.787. The van der Waals surface area contributed by atoms with Crippen LogP contribution in [0.25, 0.3) is 0 Å². The Morgan fingerprint density at radius 2 is 1.79 bits per heavy atom. The number of hydrogen-bond donors (Lipinski definition) is 0. The van der Waals surface area contributed by atoms with E-state index in [4.69, 9.17) is 23.2 Å². The van der Waals surface area contributed by atoms with Gasteiger partial charge in [-0.1, -0.05) is 70.3 Å². The van der Waals surface area contributed by atoms with Crippen molar-refractivity contribution in [1.82, 2.24) is 10.0 Å². The minimum Gasteiger partial charge on any atom is -0.292 e. The number of imide groups is 1. The molecule has 6 nitrogen and oxygen atoms in total. The number of hydrazine groups is 1. The molecule has 0 saturated carbocycles. The summed E-state index contributed by atoms with van der Waals surface area (Å²) in [6.07, 6.45) is 4.17. The number of allylic oxidation sites excluding steroid dienone is 2. The smallest absolute Gasteiger partial charge is 0.274 e. The zero-order valence-corrected chi connectivity index (χ0v) is 20.6. The number of benzene rings is 2. The van der Waals surface area contributed by atoms with Gasteiger partial charge in [-0.15, -0.1) is 0 Å². The summed E-state index contributed by atoms with van der Waals surface area (Å²) >= 11 is 15.5. The lowest BCUT2D eigenvalue weighted by Crippen LogP contribution is -2.52. The molecule has 170 valence electrons. The normalized spacial score (nSPS) is 21.8. The van der Waals surface area contributed by atoms with Gasteiger partial charge < -0.3 is 0 Å². The van der Waals surface area contributed by atoms with Crippen molar-refractivity contribution in [3.8, 4) is 0 Å². The highest BCUT2D eigenvalue weighted by atomic mass is 79.9. The number of Topliss-reactive ketones (excluding diaryl/α,β-unsaturated/α-hetero) is 1. The number of hydrogen-bond acceptors (Lipinski definition) is 4. The van der Waals surface area contributed by atoms with Crippen molar-refractivity contribution in [3.63, 3.8) is 0 Å². The molecule has 0 radical (unpaired) electrons. The lowest BCUT2D eigenvalue weighted by Gasteiger charge is -2.30. The summed E-state index contributed by atoms with van der Waals surface area (Å²) in [6, 6.07) is 10.9. The van der Waals surface area contributed by atoms with Gasteiger partial charge in [-0.25, -0.2) is 5.01 Å². The molecule has 0 aromatic heterocycles. The number of amides is 3. The van der Waals surface area contributed by atoms with Crippen molar-refractivity contribution in [1.29, 1.82) is 0 Å². The Labute approximate surface area is 209 Å². The third kappa shape index (κ3) is 4.50. The third-order valence-electron chi connectivity index (χ3n) is 5.95. The van der Waals surface area contributed by atoms with E-state index in [-0.39, 0.29) is 16.5 Å². The molecule has 2 aliphatic rings. The highest BCUT2D eigenvalue weighted by Crippen LogP contribution is 2.39. The molecule has 2 aromatic rings. The van der Waals surface area contributed by atoms with Crippen LogP contribution < -0.4 is 0 Å². The maximum absolute atomic E-state index is 13.5. The van der Waals surface area contributed by atoms with Crippen LogP contribution in [0.3, 0.4) is 0 Å². The number of rotatable bonds is 5. The van der Waals surface area contributed by atoms with Gasteiger partial charge in [0, 0.05) is 15.1 Å². The van der Waals surface area contributed by atoms with Crippen LogP contribution in [0.2, 0.25) is 10.0 Å². The second-order valence-electron chi connectivity index (χ2n) is 8.06. The summed E-state index contributed by atoms with van der Waals surface area (Å²) in [5.41, 5.74) is 0.371. The maximum Gasteiger partial charge on any atom is 0.274 e. The highest BCUT2D eigenvalue weighted by Gasteiger charge is 2.53. The predicted molar refractivity (Wildman–Crippen MR) is 128 cm³/mol. The molecule has 1 fully saturated rings. The first-order valence-corrected chi connectivity index (χ1v) is 11.8. The largest absolute Gasteiger partial charge is 0.292 e. The number of nitrogens with zero attached hydrogens (tertiary/aromatic N) is 2. The lowest BCUT2D eigenvalue weighted by atomic mass is 9.78. The lowest BCUT2D eigenvalue weighted by molar-refractivity contribution is -0.154. The molecule has 33 heavy (non-hydrogen) atoms. The standard InChI is InChI=1S/C24H19BrCl2N2O4/c1-13-3-2-4-18-21(13)24(33)29(23(18)32)28(12-20(30)14-5-7-15(25)8-6-14)22(31)17-10-9-16(26)11-19(17)27/h2-3,5-11,13,18,21H,4,12H2,1H3/t13-,18-,21+/m1/s1. The van der Waals surface area contributed by atoms with Crippen LogP contribution in [0.4, 0.5) is 0 Å². The van der Waals surface area contributed by atoms with Gasteiger partial charge in [0.25, 0.3) is 17.7 Å². The molecule has 3 amide bonds. The van der Waals surface area contributed by atoms with Crippen molar-refractivity contribution < 1.29 is 19.2 Å². The van der Waals surface area contributed by atoms with Gasteiger partial charge in [0.15, 0.2) is 5.78 Å². The van der Waals surface area contributed by atoms with E-state index < -0.39 is 41.9 Å². The average molecular weight is 550 g/mol. The van der Waals surface area contributed by atoms with E-state index in [0.717, 1.165) is 14.5 Å². The second kappa shape index (κ2) is 9.41. The fourth-order valence-corrected chi connectivity index (χ4v) is 5.02. The average Bonchev–Trinajstić information content (AvgIpc) is 3.03. The molecule has 3 atom stereocenters. The number of carbonyl (C=O) groups excluding carboxylic acids is 4. The Kier molecular flexibility index (Phi) is 6.75. The zero-order valence-electron chi connectivity index (χ0n) is 17.5. The van der Waals surface area contributed by atoms with E-state index in [9.17, 15) is 19.2 Å². The van der Waals surface area contributed by atoms with Crippen molar-refractivity contribution in [2.45, 2.75) is 13.3 Å². The Bertz CT molecular complexity index is 1180. The minimum atomic E-state index is -0.733. The summed E-state index contributed by atoms with van der Waals surface area (Å²) in [4.78, 5) is 53.2. The molecule has 9 heteroatoms. The molecule has 4 rings (SSSR count). The van der Waals surface area contributed by atoms with Crippen LogP contribution in [-0.4, -0.2) is 40.1 Å². The van der Waals surface area contributed by atoms with E-state index in [1.54, 1.807) is 24.3 Å². The molecule has 1 aliphatic carbocycles. The van der Waals surface area contributed by atoms with Gasteiger partial charge >= 0.3 is 0 Å². The monoisotopic (exact) mass is 548 g/mol. The topological polar surface area (TPSA) is 74.8 Å². The van der Waals surface area contributed by atoms with Crippen LogP contribution in [-0.2, 0) is 9.59 Å². The van der Waals surface area contributed by atoms with Crippen LogP contribution in [0.15, 0.2) is 59.1 Å². The Morgan fingerprint density at radius 1 is 1.09 bits per heavy atom. The molecule has 0 bridgehead atoms. The number of halogens is 3. The third-order valence-corrected chi connectivity index (χ3v) is 7.02.